The summed E-state index contributed by atoms with van der Waals surface area (Å²) in [5.41, 5.74) is 3.69. The summed E-state index contributed by atoms with van der Waals surface area (Å²) >= 11 is 0. The van der Waals surface area contributed by atoms with E-state index >= 15 is 0 Å². The zero-order chi connectivity index (χ0) is 21.0. The molecule has 0 spiro atoms. The van der Waals surface area contributed by atoms with E-state index in [4.69, 9.17) is 0 Å². The Hall–Kier alpha value is -2.86. The maximum absolute atomic E-state index is 12.6. The fraction of sp³-hybridized carbons (Fsp3) is 0.391. The van der Waals surface area contributed by atoms with Gasteiger partial charge in [0.05, 0.1) is 6.54 Å². The predicted octanol–water partition coefficient (Wildman–Crippen LogP) is 3.47. The molecule has 0 aromatic heterocycles. The molecule has 0 saturated heterocycles. The highest BCUT2D eigenvalue weighted by Gasteiger charge is 2.30. The summed E-state index contributed by atoms with van der Waals surface area (Å²) in [6.45, 7) is 4.80. The minimum atomic E-state index is -0.0476. The molecule has 0 atom stereocenters. The van der Waals surface area contributed by atoms with Crippen LogP contribution in [0, 0.1) is 13.8 Å². The summed E-state index contributed by atoms with van der Waals surface area (Å²) in [5, 5.41) is 12.4. The number of anilines is 2. The van der Waals surface area contributed by atoms with Crippen LogP contribution in [0.5, 0.6) is 5.75 Å². The molecule has 1 aliphatic rings. The van der Waals surface area contributed by atoms with E-state index in [9.17, 15) is 14.7 Å². The van der Waals surface area contributed by atoms with Crippen molar-refractivity contribution in [1.29, 1.82) is 0 Å². The monoisotopic (exact) mass is 395 g/mol. The molecular formula is C23H29N3O3. The van der Waals surface area contributed by atoms with Crippen molar-refractivity contribution in [2.75, 3.05) is 30.4 Å². The van der Waals surface area contributed by atoms with Crippen LogP contribution in [0.15, 0.2) is 42.5 Å². The third kappa shape index (κ3) is 5.57. The van der Waals surface area contributed by atoms with Crippen LogP contribution in [0.25, 0.3) is 0 Å². The molecule has 6 heteroatoms. The molecule has 2 aromatic carbocycles. The first-order chi connectivity index (χ1) is 13.8. The maximum Gasteiger partial charge on any atom is 0.238 e. The number of aromatic hydroxyl groups is 1. The Morgan fingerprint density at radius 1 is 1.07 bits per heavy atom. The van der Waals surface area contributed by atoms with E-state index in [-0.39, 0.29) is 24.1 Å². The van der Waals surface area contributed by atoms with Gasteiger partial charge in [-0.25, -0.2) is 0 Å². The second-order valence-corrected chi connectivity index (χ2v) is 7.74. The molecule has 0 unspecified atom stereocenters. The zero-order valence-electron chi connectivity index (χ0n) is 17.3. The first kappa shape index (κ1) is 20.9. The lowest BCUT2D eigenvalue weighted by Crippen LogP contribution is -2.38. The molecule has 2 aromatic rings. The number of benzene rings is 2. The molecule has 0 radical (unpaired) electrons. The average Bonchev–Trinajstić information content (AvgIpc) is 3.53. The van der Waals surface area contributed by atoms with Crippen molar-refractivity contribution in [2.24, 2.45) is 0 Å². The van der Waals surface area contributed by atoms with Crippen LogP contribution in [0.4, 0.5) is 11.4 Å². The van der Waals surface area contributed by atoms with Gasteiger partial charge in [0.2, 0.25) is 11.8 Å². The molecule has 3 rings (SSSR count). The van der Waals surface area contributed by atoms with E-state index in [1.165, 1.54) is 0 Å². The van der Waals surface area contributed by atoms with Gasteiger partial charge in [-0.3, -0.25) is 14.5 Å². The molecule has 1 aliphatic carbocycles. The van der Waals surface area contributed by atoms with Crippen LogP contribution in [0.1, 0.15) is 30.4 Å². The Balaban J connectivity index is 1.55. The number of carbonyl (C=O) groups is 2. The van der Waals surface area contributed by atoms with Crippen LogP contribution in [-0.4, -0.2) is 48.0 Å². The number of rotatable bonds is 8. The Kier molecular flexibility index (Phi) is 6.54. The van der Waals surface area contributed by atoms with E-state index in [1.54, 1.807) is 36.2 Å². The van der Waals surface area contributed by atoms with Crippen molar-refractivity contribution in [2.45, 2.75) is 39.2 Å². The molecule has 154 valence electrons. The van der Waals surface area contributed by atoms with E-state index in [0.29, 0.717) is 19.0 Å². The third-order valence-corrected chi connectivity index (χ3v) is 5.38. The minimum absolute atomic E-state index is 0.0171. The molecule has 2 N–H and O–H groups in total. The number of amides is 2. The second-order valence-electron chi connectivity index (χ2n) is 7.74. The van der Waals surface area contributed by atoms with Crippen molar-refractivity contribution >= 4 is 23.2 Å². The lowest BCUT2D eigenvalue weighted by molar-refractivity contribution is -0.120. The van der Waals surface area contributed by atoms with Gasteiger partial charge in [0, 0.05) is 37.4 Å². The SMILES string of the molecule is Cc1cccc(C)c1NC(=O)CN(CCC(=O)N(C)c1ccc(O)cc1)C1CC1. The minimum Gasteiger partial charge on any atom is -0.508 e. The second kappa shape index (κ2) is 9.09. The largest absolute Gasteiger partial charge is 0.508 e. The van der Waals surface area contributed by atoms with Gasteiger partial charge in [-0.15, -0.1) is 0 Å². The number of para-hydroxylation sites is 1. The summed E-state index contributed by atoms with van der Waals surface area (Å²) in [6, 6.07) is 12.9. The summed E-state index contributed by atoms with van der Waals surface area (Å²) in [5.74, 6) is 0.106. The fourth-order valence-electron chi connectivity index (χ4n) is 3.43. The molecule has 1 saturated carbocycles. The fourth-order valence-corrected chi connectivity index (χ4v) is 3.43. The topological polar surface area (TPSA) is 72.9 Å². The van der Waals surface area contributed by atoms with Gasteiger partial charge in [0.15, 0.2) is 0 Å². The summed E-state index contributed by atoms with van der Waals surface area (Å²) in [6.07, 6.45) is 2.47. The zero-order valence-corrected chi connectivity index (χ0v) is 17.3. The Morgan fingerprint density at radius 3 is 2.28 bits per heavy atom. The number of phenols is 1. The first-order valence-electron chi connectivity index (χ1n) is 10.0. The maximum atomic E-state index is 12.6. The number of phenolic OH excluding ortho intramolecular Hbond substituents is 1. The molecule has 29 heavy (non-hydrogen) atoms. The van der Waals surface area contributed by atoms with Crippen LogP contribution in [0.3, 0.4) is 0 Å². The van der Waals surface area contributed by atoms with Crippen LogP contribution in [-0.2, 0) is 9.59 Å². The molecule has 2 amide bonds. The standard InChI is InChI=1S/C23H29N3O3/c1-16-5-4-6-17(2)23(16)24-21(28)15-26(19-7-8-19)14-13-22(29)25(3)18-9-11-20(27)12-10-18/h4-6,9-12,19,27H,7-8,13-15H2,1-3H3,(H,24,28). The Labute approximate surface area is 172 Å². The van der Waals surface area contributed by atoms with Gasteiger partial charge in [0.25, 0.3) is 0 Å². The van der Waals surface area contributed by atoms with Crippen molar-refractivity contribution < 1.29 is 14.7 Å². The highest BCUT2D eigenvalue weighted by atomic mass is 16.3. The lowest BCUT2D eigenvalue weighted by atomic mass is 10.1. The summed E-state index contributed by atoms with van der Waals surface area (Å²) in [7, 11) is 1.73. The lowest BCUT2D eigenvalue weighted by Gasteiger charge is -2.23. The highest BCUT2D eigenvalue weighted by molar-refractivity contribution is 5.94. The number of nitrogens with one attached hydrogen (secondary N) is 1. The van der Waals surface area contributed by atoms with Gasteiger partial charge in [0.1, 0.15) is 5.75 Å². The number of hydrogen-bond acceptors (Lipinski definition) is 4. The van der Waals surface area contributed by atoms with Crippen molar-refractivity contribution in [3.63, 3.8) is 0 Å². The van der Waals surface area contributed by atoms with Crippen molar-refractivity contribution in [3.05, 3.63) is 53.6 Å². The van der Waals surface area contributed by atoms with Crippen molar-refractivity contribution in [3.8, 4) is 5.75 Å². The highest BCUT2D eigenvalue weighted by Crippen LogP contribution is 2.27. The van der Waals surface area contributed by atoms with E-state index in [2.05, 4.69) is 10.2 Å². The summed E-state index contributed by atoms with van der Waals surface area (Å²) in [4.78, 5) is 28.9. The van der Waals surface area contributed by atoms with E-state index in [1.807, 2.05) is 32.0 Å². The van der Waals surface area contributed by atoms with Crippen LogP contribution in [0.2, 0.25) is 0 Å². The van der Waals surface area contributed by atoms with E-state index < -0.39 is 0 Å². The van der Waals surface area contributed by atoms with Crippen LogP contribution < -0.4 is 10.2 Å². The molecule has 1 fully saturated rings. The molecule has 0 aliphatic heterocycles. The predicted molar refractivity (Wildman–Crippen MR) is 115 cm³/mol. The Bertz CT molecular complexity index is 855. The van der Waals surface area contributed by atoms with Gasteiger partial charge in [-0.2, -0.15) is 0 Å². The number of nitrogens with zero attached hydrogens (tertiary/aromatic N) is 2. The first-order valence-corrected chi connectivity index (χ1v) is 10.0. The van der Waals surface area contributed by atoms with E-state index in [0.717, 1.165) is 35.3 Å². The smallest absolute Gasteiger partial charge is 0.238 e. The number of carbonyl (C=O) groups excluding carboxylic acids is 2. The summed E-state index contributed by atoms with van der Waals surface area (Å²) < 4.78 is 0. The molecular weight excluding hydrogens is 366 g/mol. The number of aryl methyl sites for hydroxylation is 2. The third-order valence-electron chi connectivity index (χ3n) is 5.38. The number of hydrogen-bond donors (Lipinski definition) is 2. The normalized spacial score (nSPS) is 13.4. The molecule has 6 nitrogen and oxygen atoms in total. The average molecular weight is 396 g/mol. The molecule has 0 heterocycles. The molecule has 0 bridgehead atoms. The van der Waals surface area contributed by atoms with Crippen molar-refractivity contribution in [1.82, 2.24) is 4.90 Å². The van der Waals surface area contributed by atoms with Gasteiger partial charge in [-0.05, 0) is 62.1 Å². The van der Waals surface area contributed by atoms with Crippen LogP contribution >= 0.6 is 0 Å². The van der Waals surface area contributed by atoms with Gasteiger partial charge < -0.3 is 15.3 Å². The Morgan fingerprint density at radius 2 is 1.69 bits per heavy atom. The van der Waals surface area contributed by atoms with Gasteiger partial charge >= 0.3 is 0 Å². The van der Waals surface area contributed by atoms with Gasteiger partial charge in [-0.1, -0.05) is 18.2 Å². The quantitative estimate of drug-likeness (QED) is 0.718.